The first-order valence-electron chi connectivity index (χ1n) is 5.20. The Labute approximate surface area is 94.5 Å². The van der Waals surface area contributed by atoms with Gasteiger partial charge >= 0.3 is 0 Å². The van der Waals surface area contributed by atoms with Gasteiger partial charge in [0.1, 0.15) is 0 Å². The zero-order valence-corrected chi connectivity index (χ0v) is 9.73. The Kier molecular flexibility index (Phi) is 2.96. The molecule has 2 aromatic rings. The molecule has 0 aromatic carbocycles. The molecule has 0 saturated carbocycles. The fraction of sp³-hybridized carbons (Fsp3) is 0.364. The summed E-state index contributed by atoms with van der Waals surface area (Å²) in [6, 6.07) is 1.95. The summed E-state index contributed by atoms with van der Waals surface area (Å²) in [6.45, 7) is 4.71. The van der Waals surface area contributed by atoms with Gasteiger partial charge in [-0.25, -0.2) is 14.6 Å². The van der Waals surface area contributed by atoms with E-state index in [1.165, 1.54) is 0 Å². The first-order chi connectivity index (χ1) is 7.69. The first-order valence-corrected chi connectivity index (χ1v) is 5.20. The summed E-state index contributed by atoms with van der Waals surface area (Å²) in [6.07, 6.45) is 3.75. The lowest BCUT2D eigenvalue weighted by Crippen LogP contribution is -2.05. The Hall–Kier alpha value is -1.75. The summed E-state index contributed by atoms with van der Waals surface area (Å²) >= 11 is 0. The average Bonchev–Trinajstić information content (AvgIpc) is 2.65. The number of hydrogen-bond donors (Lipinski definition) is 1. The van der Waals surface area contributed by atoms with E-state index in [0.717, 1.165) is 23.5 Å². The zero-order valence-electron chi connectivity index (χ0n) is 9.73. The monoisotopic (exact) mass is 217 g/mol. The minimum atomic E-state index is 0.625. The van der Waals surface area contributed by atoms with Crippen LogP contribution in [0.3, 0.4) is 0 Å². The molecule has 2 aromatic heterocycles. The summed E-state index contributed by atoms with van der Waals surface area (Å²) in [4.78, 5) is 8.69. The van der Waals surface area contributed by atoms with Crippen molar-refractivity contribution < 1.29 is 0 Å². The molecule has 0 spiro atoms. The normalized spacial score (nSPS) is 10.7. The van der Waals surface area contributed by atoms with Gasteiger partial charge in [-0.2, -0.15) is 5.10 Å². The van der Waals surface area contributed by atoms with Crippen LogP contribution in [0.2, 0.25) is 0 Å². The number of nitrogens with one attached hydrogen (secondary N) is 1. The molecule has 0 saturated heterocycles. The second kappa shape index (κ2) is 4.40. The van der Waals surface area contributed by atoms with Gasteiger partial charge in [-0.05, 0) is 27.0 Å². The fourth-order valence-corrected chi connectivity index (χ4v) is 1.57. The third-order valence-electron chi connectivity index (χ3n) is 2.19. The van der Waals surface area contributed by atoms with E-state index in [1.807, 2.05) is 39.4 Å². The largest absolute Gasteiger partial charge is 0.316 e. The lowest BCUT2D eigenvalue weighted by molar-refractivity contribution is 0.788. The zero-order chi connectivity index (χ0) is 11.5. The highest BCUT2D eigenvalue weighted by molar-refractivity contribution is 5.19. The van der Waals surface area contributed by atoms with Gasteiger partial charge in [0.2, 0.25) is 0 Å². The van der Waals surface area contributed by atoms with Crippen molar-refractivity contribution in [2.75, 3.05) is 7.05 Å². The van der Waals surface area contributed by atoms with Gasteiger partial charge in [0.15, 0.2) is 0 Å². The minimum absolute atomic E-state index is 0.625. The third-order valence-corrected chi connectivity index (χ3v) is 2.19. The van der Waals surface area contributed by atoms with E-state index in [1.54, 1.807) is 4.68 Å². The van der Waals surface area contributed by atoms with Gasteiger partial charge in [-0.1, -0.05) is 0 Å². The van der Waals surface area contributed by atoms with Crippen LogP contribution in [0.1, 0.15) is 17.0 Å². The highest BCUT2D eigenvalue weighted by Gasteiger charge is 2.04. The van der Waals surface area contributed by atoms with E-state index in [0.29, 0.717) is 5.95 Å². The lowest BCUT2D eigenvalue weighted by atomic mass is 10.3. The van der Waals surface area contributed by atoms with Gasteiger partial charge in [-0.3, -0.25) is 0 Å². The quantitative estimate of drug-likeness (QED) is 0.833. The van der Waals surface area contributed by atoms with Crippen molar-refractivity contribution in [1.29, 1.82) is 0 Å². The topological polar surface area (TPSA) is 55.6 Å². The van der Waals surface area contributed by atoms with E-state index in [4.69, 9.17) is 0 Å². The Balaban J connectivity index is 2.34. The Morgan fingerprint density at radius 2 is 1.94 bits per heavy atom. The second-order valence-corrected chi connectivity index (χ2v) is 3.77. The lowest BCUT2D eigenvalue weighted by Gasteiger charge is -2.02. The molecular weight excluding hydrogens is 202 g/mol. The molecule has 0 fully saturated rings. The Morgan fingerprint density at radius 1 is 1.25 bits per heavy atom. The molecule has 0 radical (unpaired) electrons. The van der Waals surface area contributed by atoms with Crippen molar-refractivity contribution in [2.24, 2.45) is 0 Å². The maximum Gasteiger partial charge on any atom is 0.250 e. The van der Waals surface area contributed by atoms with Crippen LogP contribution in [0, 0.1) is 13.8 Å². The van der Waals surface area contributed by atoms with Crippen molar-refractivity contribution in [3.05, 3.63) is 35.4 Å². The molecule has 16 heavy (non-hydrogen) atoms. The van der Waals surface area contributed by atoms with Crippen LogP contribution in [0.5, 0.6) is 0 Å². The molecule has 5 heteroatoms. The van der Waals surface area contributed by atoms with Gasteiger partial charge in [0.05, 0.1) is 6.20 Å². The molecule has 5 nitrogen and oxygen atoms in total. The molecule has 84 valence electrons. The highest BCUT2D eigenvalue weighted by Crippen LogP contribution is 2.05. The van der Waals surface area contributed by atoms with Crippen LogP contribution >= 0.6 is 0 Å². The molecule has 0 amide bonds. The molecular formula is C11H15N5. The number of aromatic nitrogens is 4. The van der Waals surface area contributed by atoms with E-state index < -0.39 is 0 Å². The fourth-order valence-electron chi connectivity index (χ4n) is 1.57. The van der Waals surface area contributed by atoms with Crippen LogP contribution < -0.4 is 5.32 Å². The summed E-state index contributed by atoms with van der Waals surface area (Å²) < 4.78 is 1.70. The molecule has 0 aliphatic carbocycles. The second-order valence-electron chi connectivity index (χ2n) is 3.77. The third kappa shape index (κ3) is 2.25. The Bertz CT molecular complexity index is 469. The summed E-state index contributed by atoms with van der Waals surface area (Å²) in [5.41, 5.74) is 3.02. The number of hydrogen-bond acceptors (Lipinski definition) is 4. The molecule has 0 atom stereocenters. The first kappa shape index (κ1) is 10.8. The smallest absolute Gasteiger partial charge is 0.250 e. The van der Waals surface area contributed by atoms with Gasteiger partial charge in [-0.15, -0.1) is 0 Å². The van der Waals surface area contributed by atoms with E-state index in [-0.39, 0.29) is 0 Å². The molecule has 1 N–H and O–H groups in total. The predicted molar refractivity (Wildman–Crippen MR) is 61.4 cm³/mol. The van der Waals surface area contributed by atoms with Crippen molar-refractivity contribution >= 4 is 0 Å². The van der Waals surface area contributed by atoms with E-state index in [9.17, 15) is 0 Å². The average molecular weight is 217 g/mol. The van der Waals surface area contributed by atoms with Gasteiger partial charge in [0.25, 0.3) is 5.95 Å². The van der Waals surface area contributed by atoms with Crippen LogP contribution in [-0.4, -0.2) is 26.8 Å². The molecule has 0 unspecified atom stereocenters. The number of rotatable bonds is 3. The molecule has 2 heterocycles. The van der Waals surface area contributed by atoms with Crippen molar-refractivity contribution in [1.82, 2.24) is 25.1 Å². The number of nitrogens with zero attached hydrogens (tertiary/aromatic N) is 4. The van der Waals surface area contributed by atoms with Crippen molar-refractivity contribution in [3.63, 3.8) is 0 Å². The molecule has 0 bridgehead atoms. The Morgan fingerprint density at radius 3 is 2.56 bits per heavy atom. The van der Waals surface area contributed by atoms with E-state index >= 15 is 0 Å². The van der Waals surface area contributed by atoms with Crippen LogP contribution in [-0.2, 0) is 6.54 Å². The van der Waals surface area contributed by atoms with Crippen LogP contribution in [0.4, 0.5) is 0 Å². The summed E-state index contributed by atoms with van der Waals surface area (Å²) in [5, 5.41) is 7.32. The minimum Gasteiger partial charge on any atom is -0.316 e. The maximum absolute atomic E-state index is 4.35. The molecule has 0 aliphatic heterocycles. The van der Waals surface area contributed by atoms with Gasteiger partial charge < -0.3 is 5.32 Å². The maximum atomic E-state index is 4.35. The summed E-state index contributed by atoms with van der Waals surface area (Å²) in [5.74, 6) is 0.625. The molecule has 2 rings (SSSR count). The highest BCUT2D eigenvalue weighted by atomic mass is 15.3. The van der Waals surface area contributed by atoms with Crippen LogP contribution in [0.25, 0.3) is 5.95 Å². The van der Waals surface area contributed by atoms with Crippen molar-refractivity contribution in [3.8, 4) is 5.95 Å². The van der Waals surface area contributed by atoms with Crippen LogP contribution in [0.15, 0.2) is 18.5 Å². The number of aryl methyl sites for hydroxylation is 2. The molecule has 0 aliphatic rings. The predicted octanol–water partition coefficient (Wildman–Crippen LogP) is 0.999. The van der Waals surface area contributed by atoms with Crippen molar-refractivity contribution in [2.45, 2.75) is 20.4 Å². The standard InChI is InChI=1S/C11H15N5/c1-8-4-9(2)15-11(14-8)16-7-10(5-12-3)6-13-16/h4,6-7,12H,5H2,1-3H3. The van der Waals surface area contributed by atoms with E-state index in [2.05, 4.69) is 20.4 Å². The van der Waals surface area contributed by atoms with Gasteiger partial charge in [0, 0.05) is 29.7 Å². The summed E-state index contributed by atoms with van der Waals surface area (Å²) in [7, 11) is 1.91. The SMILES string of the molecule is CNCc1cnn(-c2nc(C)cc(C)n2)c1.